The van der Waals surface area contributed by atoms with Gasteiger partial charge in [-0.1, -0.05) is 26.7 Å². The first-order chi connectivity index (χ1) is 12.0. The summed E-state index contributed by atoms with van der Waals surface area (Å²) in [6, 6.07) is 6.09. The van der Waals surface area contributed by atoms with E-state index in [0.717, 1.165) is 0 Å². The summed E-state index contributed by atoms with van der Waals surface area (Å²) in [5, 5.41) is 11.8. The SMILES string of the molecule is CCCCNCCCC.CCOC(=O)c1ccc(OCC(=O)O)cc1. The van der Waals surface area contributed by atoms with Crippen molar-refractivity contribution in [1.82, 2.24) is 5.32 Å². The molecule has 0 aliphatic carbocycles. The monoisotopic (exact) mass is 353 g/mol. The average molecular weight is 353 g/mol. The fraction of sp³-hybridized carbons (Fsp3) is 0.579. The van der Waals surface area contributed by atoms with Crippen molar-refractivity contribution in [2.24, 2.45) is 0 Å². The van der Waals surface area contributed by atoms with Crippen LogP contribution in [0.3, 0.4) is 0 Å². The van der Waals surface area contributed by atoms with Crippen LogP contribution in [0, 0.1) is 0 Å². The number of carbonyl (C=O) groups excluding carboxylic acids is 1. The minimum absolute atomic E-state index is 0.316. The number of carboxylic acids is 1. The van der Waals surface area contributed by atoms with Gasteiger partial charge in [0.2, 0.25) is 0 Å². The van der Waals surface area contributed by atoms with Crippen LogP contribution in [0.1, 0.15) is 56.8 Å². The van der Waals surface area contributed by atoms with E-state index < -0.39 is 18.5 Å². The van der Waals surface area contributed by atoms with Gasteiger partial charge in [0.1, 0.15) is 5.75 Å². The molecule has 6 heteroatoms. The van der Waals surface area contributed by atoms with Gasteiger partial charge in [-0.25, -0.2) is 9.59 Å². The molecule has 6 nitrogen and oxygen atoms in total. The second kappa shape index (κ2) is 15.4. The van der Waals surface area contributed by atoms with Crippen molar-refractivity contribution in [1.29, 1.82) is 0 Å². The zero-order valence-corrected chi connectivity index (χ0v) is 15.5. The Morgan fingerprint density at radius 1 is 1.00 bits per heavy atom. The Hall–Kier alpha value is -2.08. The van der Waals surface area contributed by atoms with Crippen LogP contribution in [-0.2, 0) is 9.53 Å². The lowest BCUT2D eigenvalue weighted by molar-refractivity contribution is -0.139. The van der Waals surface area contributed by atoms with Crippen molar-refractivity contribution in [2.75, 3.05) is 26.3 Å². The summed E-state index contributed by atoms with van der Waals surface area (Å²) in [4.78, 5) is 21.5. The minimum atomic E-state index is -1.05. The smallest absolute Gasteiger partial charge is 0.341 e. The number of ether oxygens (including phenoxy) is 2. The molecule has 1 aromatic carbocycles. The molecule has 0 bridgehead atoms. The highest BCUT2D eigenvalue weighted by Crippen LogP contribution is 2.12. The maximum atomic E-state index is 11.3. The van der Waals surface area contributed by atoms with Crippen molar-refractivity contribution >= 4 is 11.9 Å². The third kappa shape index (κ3) is 12.9. The normalized spacial score (nSPS) is 9.72. The van der Waals surface area contributed by atoms with Crippen molar-refractivity contribution in [3.63, 3.8) is 0 Å². The second-order valence-electron chi connectivity index (χ2n) is 5.38. The molecule has 142 valence electrons. The number of benzene rings is 1. The maximum Gasteiger partial charge on any atom is 0.341 e. The predicted molar refractivity (Wildman–Crippen MR) is 98.2 cm³/mol. The molecule has 0 saturated carbocycles. The summed E-state index contributed by atoms with van der Waals surface area (Å²) < 4.78 is 9.70. The van der Waals surface area contributed by atoms with Gasteiger partial charge < -0.3 is 19.9 Å². The fourth-order valence-corrected chi connectivity index (χ4v) is 1.78. The van der Waals surface area contributed by atoms with Crippen molar-refractivity contribution < 1.29 is 24.2 Å². The third-order valence-corrected chi connectivity index (χ3v) is 3.14. The molecule has 0 heterocycles. The topological polar surface area (TPSA) is 84.9 Å². The maximum absolute atomic E-state index is 11.3. The van der Waals surface area contributed by atoms with Crippen LogP contribution < -0.4 is 10.1 Å². The van der Waals surface area contributed by atoms with Crippen LogP contribution in [0.2, 0.25) is 0 Å². The van der Waals surface area contributed by atoms with E-state index in [1.807, 2.05) is 0 Å². The van der Waals surface area contributed by atoms with Crippen LogP contribution >= 0.6 is 0 Å². The first-order valence-electron chi connectivity index (χ1n) is 8.87. The standard InChI is InChI=1S/C11H12O5.C8H19N/c1-2-15-11(14)8-3-5-9(6-4-8)16-7-10(12)13;1-3-5-7-9-8-6-4-2/h3-6H,2,7H2,1H3,(H,12,13);9H,3-8H2,1-2H3. The molecule has 0 amide bonds. The first kappa shape index (κ1) is 22.9. The molecule has 0 aliphatic heterocycles. The average Bonchev–Trinajstić information content (AvgIpc) is 2.61. The van der Waals surface area contributed by atoms with Gasteiger partial charge in [-0.2, -0.15) is 0 Å². The van der Waals surface area contributed by atoms with E-state index in [4.69, 9.17) is 14.6 Å². The third-order valence-electron chi connectivity index (χ3n) is 3.14. The van der Waals surface area contributed by atoms with E-state index in [1.165, 1.54) is 63.0 Å². The number of carbonyl (C=O) groups is 2. The number of unbranched alkanes of at least 4 members (excludes halogenated alkanes) is 2. The number of esters is 1. The Morgan fingerprint density at radius 3 is 2.00 bits per heavy atom. The van der Waals surface area contributed by atoms with Crippen molar-refractivity contribution in [3.05, 3.63) is 29.8 Å². The highest BCUT2D eigenvalue weighted by molar-refractivity contribution is 5.89. The molecule has 0 spiro atoms. The van der Waals surface area contributed by atoms with Crippen LogP contribution in [0.15, 0.2) is 24.3 Å². The van der Waals surface area contributed by atoms with Gasteiger partial charge in [-0.05, 0) is 57.1 Å². The molecule has 0 unspecified atom stereocenters. The van der Waals surface area contributed by atoms with Crippen LogP contribution in [0.5, 0.6) is 5.75 Å². The molecule has 1 rings (SSSR count). The Balaban J connectivity index is 0.000000547. The van der Waals surface area contributed by atoms with Gasteiger partial charge in [0.15, 0.2) is 6.61 Å². The second-order valence-corrected chi connectivity index (χ2v) is 5.38. The van der Waals surface area contributed by atoms with E-state index in [0.29, 0.717) is 17.9 Å². The van der Waals surface area contributed by atoms with E-state index in [9.17, 15) is 9.59 Å². The molecule has 25 heavy (non-hydrogen) atoms. The number of hydrogen-bond acceptors (Lipinski definition) is 5. The summed E-state index contributed by atoms with van der Waals surface area (Å²) in [7, 11) is 0. The Kier molecular flexibility index (Phi) is 14.2. The fourth-order valence-electron chi connectivity index (χ4n) is 1.78. The Morgan fingerprint density at radius 2 is 1.56 bits per heavy atom. The van der Waals surface area contributed by atoms with Gasteiger partial charge in [-0.15, -0.1) is 0 Å². The molecule has 2 N–H and O–H groups in total. The summed E-state index contributed by atoms with van der Waals surface area (Å²) in [6.07, 6.45) is 5.26. The Labute approximate surface area is 150 Å². The predicted octanol–water partition coefficient (Wildman–Crippen LogP) is 3.50. The molecule has 0 aliphatic rings. The number of hydrogen-bond donors (Lipinski definition) is 2. The molecular formula is C19H31NO5. The number of aliphatic carboxylic acids is 1. The van der Waals surface area contributed by atoms with Gasteiger partial charge in [0, 0.05) is 0 Å². The van der Waals surface area contributed by atoms with Gasteiger partial charge in [-0.3, -0.25) is 0 Å². The first-order valence-corrected chi connectivity index (χ1v) is 8.87. The van der Waals surface area contributed by atoms with E-state index in [2.05, 4.69) is 19.2 Å². The van der Waals surface area contributed by atoms with Crippen LogP contribution in [-0.4, -0.2) is 43.3 Å². The summed E-state index contributed by atoms with van der Waals surface area (Å²) >= 11 is 0. The van der Waals surface area contributed by atoms with E-state index in [1.54, 1.807) is 6.92 Å². The van der Waals surface area contributed by atoms with Gasteiger partial charge in [0.25, 0.3) is 0 Å². The van der Waals surface area contributed by atoms with E-state index >= 15 is 0 Å². The molecule has 0 aromatic heterocycles. The molecule has 0 fully saturated rings. The molecule has 0 saturated heterocycles. The van der Waals surface area contributed by atoms with Crippen LogP contribution in [0.4, 0.5) is 0 Å². The lowest BCUT2D eigenvalue weighted by Gasteiger charge is -2.04. The largest absolute Gasteiger partial charge is 0.482 e. The summed E-state index contributed by atoms with van der Waals surface area (Å²) in [5.74, 6) is -1.06. The quantitative estimate of drug-likeness (QED) is 0.468. The number of carboxylic acid groups (broad SMARTS) is 1. The molecule has 0 atom stereocenters. The minimum Gasteiger partial charge on any atom is -0.482 e. The molecule has 1 aromatic rings. The van der Waals surface area contributed by atoms with Crippen molar-refractivity contribution in [2.45, 2.75) is 46.5 Å². The number of rotatable bonds is 11. The lowest BCUT2D eigenvalue weighted by atomic mass is 10.2. The zero-order valence-electron chi connectivity index (χ0n) is 15.5. The number of nitrogens with one attached hydrogen (secondary N) is 1. The highest BCUT2D eigenvalue weighted by Gasteiger charge is 2.06. The van der Waals surface area contributed by atoms with Gasteiger partial charge >= 0.3 is 11.9 Å². The molecular weight excluding hydrogens is 322 g/mol. The summed E-state index contributed by atoms with van der Waals surface area (Å²) in [5.41, 5.74) is 0.407. The highest BCUT2D eigenvalue weighted by atomic mass is 16.5. The van der Waals surface area contributed by atoms with Crippen LogP contribution in [0.25, 0.3) is 0 Å². The molecule has 0 radical (unpaired) electrons. The summed E-state index contributed by atoms with van der Waals surface area (Å²) in [6.45, 7) is 8.49. The van der Waals surface area contributed by atoms with Gasteiger partial charge in [0.05, 0.1) is 12.2 Å². The lowest BCUT2D eigenvalue weighted by Crippen LogP contribution is -2.15. The van der Waals surface area contributed by atoms with E-state index in [-0.39, 0.29) is 0 Å². The Bertz CT molecular complexity index is 467. The zero-order chi connectivity index (χ0) is 18.9. The van der Waals surface area contributed by atoms with Crippen molar-refractivity contribution in [3.8, 4) is 5.75 Å².